The van der Waals surface area contributed by atoms with Crippen LogP contribution in [0.25, 0.3) is 0 Å². The number of amides is 1. The van der Waals surface area contributed by atoms with E-state index in [1.54, 1.807) is 0 Å². The predicted molar refractivity (Wildman–Crippen MR) is 74.0 cm³/mol. The summed E-state index contributed by atoms with van der Waals surface area (Å²) in [5.41, 5.74) is 5.83. The highest BCUT2D eigenvalue weighted by Crippen LogP contribution is 2.54. The first kappa shape index (κ1) is 13.9. The van der Waals surface area contributed by atoms with Crippen molar-refractivity contribution in [1.29, 1.82) is 0 Å². The molecule has 0 aliphatic heterocycles. The monoisotopic (exact) mass is 252 g/mol. The van der Waals surface area contributed by atoms with E-state index in [1.165, 1.54) is 6.42 Å². The molecule has 0 radical (unpaired) electrons. The minimum Gasteiger partial charge on any atom is -0.342 e. The minimum absolute atomic E-state index is 0.0341. The molecule has 0 aromatic carbocycles. The highest BCUT2D eigenvalue weighted by molar-refractivity contribution is 5.79. The maximum absolute atomic E-state index is 12.6. The number of carbonyl (C=O) groups is 1. The molecule has 0 aromatic rings. The molecule has 2 fully saturated rings. The topological polar surface area (TPSA) is 46.3 Å². The van der Waals surface area contributed by atoms with Crippen LogP contribution in [-0.4, -0.2) is 30.4 Å². The van der Waals surface area contributed by atoms with Gasteiger partial charge in [0.2, 0.25) is 5.91 Å². The van der Waals surface area contributed by atoms with Crippen molar-refractivity contribution in [3.63, 3.8) is 0 Å². The van der Waals surface area contributed by atoms with Gasteiger partial charge in [-0.3, -0.25) is 4.79 Å². The van der Waals surface area contributed by atoms with E-state index in [0.717, 1.165) is 44.2 Å². The molecule has 3 nitrogen and oxygen atoms in total. The van der Waals surface area contributed by atoms with E-state index in [1.807, 2.05) is 0 Å². The molecular formula is C15H28N2O. The van der Waals surface area contributed by atoms with Gasteiger partial charge >= 0.3 is 0 Å². The van der Waals surface area contributed by atoms with E-state index in [-0.39, 0.29) is 5.41 Å². The fourth-order valence-corrected chi connectivity index (χ4v) is 3.29. The molecule has 18 heavy (non-hydrogen) atoms. The van der Waals surface area contributed by atoms with Crippen molar-refractivity contribution >= 4 is 5.91 Å². The molecule has 0 spiro atoms. The van der Waals surface area contributed by atoms with Crippen molar-refractivity contribution in [2.75, 3.05) is 19.6 Å². The Morgan fingerprint density at radius 1 is 1.28 bits per heavy atom. The Balaban J connectivity index is 1.93. The molecule has 0 bridgehead atoms. The van der Waals surface area contributed by atoms with Gasteiger partial charge in [-0.2, -0.15) is 0 Å². The molecule has 3 heteroatoms. The molecule has 2 atom stereocenters. The lowest BCUT2D eigenvalue weighted by Gasteiger charge is -2.33. The van der Waals surface area contributed by atoms with Crippen LogP contribution in [0.2, 0.25) is 0 Å². The Bertz CT molecular complexity index is 304. The van der Waals surface area contributed by atoms with Crippen molar-refractivity contribution in [3.8, 4) is 0 Å². The highest BCUT2D eigenvalue weighted by atomic mass is 16.2. The van der Waals surface area contributed by atoms with Crippen LogP contribution in [0.4, 0.5) is 0 Å². The summed E-state index contributed by atoms with van der Waals surface area (Å²) in [5, 5.41) is 0. The maximum Gasteiger partial charge on any atom is 0.225 e. The van der Waals surface area contributed by atoms with Crippen LogP contribution in [-0.2, 0) is 4.79 Å². The lowest BCUT2D eigenvalue weighted by molar-refractivity contribution is -0.137. The molecule has 0 saturated heterocycles. The largest absolute Gasteiger partial charge is 0.342 e. The standard InChI is InChI=1S/C15H28N2O/c1-4-5-17(10-15(2,3)9-16)14(18)13-7-11-6-12(11)8-13/h11-13H,4-10,16H2,1-3H3. The van der Waals surface area contributed by atoms with Gasteiger partial charge in [-0.15, -0.1) is 0 Å². The first-order chi connectivity index (χ1) is 8.46. The number of rotatable bonds is 6. The van der Waals surface area contributed by atoms with Crippen LogP contribution in [0.5, 0.6) is 0 Å². The van der Waals surface area contributed by atoms with Crippen molar-refractivity contribution in [2.24, 2.45) is 28.9 Å². The van der Waals surface area contributed by atoms with E-state index >= 15 is 0 Å². The number of carbonyl (C=O) groups excluding carboxylic acids is 1. The summed E-state index contributed by atoms with van der Waals surface area (Å²) in [6.45, 7) is 8.76. The number of nitrogens with zero attached hydrogens (tertiary/aromatic N) is 1. The Labute approximate surface area is 111 Å². The average Bonchev–Trinajstić information content (AvgIpc) is 2.94. The van der Waals surface area contributed by atoms with Gasteiger partial charge in [0.1, 0.15) is 0 Å². The summed E-state index contributed by atoms with van der Waals surface area (Å²) in [6.07, 6.45) is 4.71. The van der Waals surface area contributed by atoms with Crippen LogP contribution in [0.3, 0.4) is 0 Å². The van der Waals surface area contributed by atoms with Crippen molar-refractivity contribution < 1.29 is 4.79 Å². The summed E-state index contributed by atoms with van der Waals surface area (Å²) in [4.78, 5) is 14.7. The Morgan fingerprint density at radius 3 is 2.39 bits per heavy atom. The number of nitrogens with two attached hydrogens (primary N) is 1. The quantitative estimate of drug-likeness (QED) is 0.788. The molecule has 2 aliphatic carbocycles. The average molecular weight is 252 g/mol. The zero-order valence-electron chi connectivity index (χ0n) is 12.1. The highest BCUT2D eigenvalue weighted by Gasteiger charge is 2.48. The van der Waals surface area contributed by atoms with Crippen LogP contribution in [0.1, 0.15) is 46.5 Å². The molecule has 2 unspecified atom stereocenters. The first-order valence-corrected chi connectivity index (χ1v) is 7.45. The van der Waals surface area contributed by atoms with Crippen LogP contribution in [0.15, 0.2) is 0 Å². The lowest BCUT2D eigenvalue weighted by Crippen LogP contribution is -2.44. The van der Waals surface area contributed by atoms with E-state index < -0.39 is 0 Å². The number of fused-ring (bicyclic) bond motifs is 1. The van der Waals surface area contributed by atoms with Crippen LogP contribution >= 0.6 is 0 Å². The summed E-state index contributed by atoms with van der Waals surface area (Å²) in [5.74, 6) is 2.47. The van der Waals surface area contributed by atoms with Gasteiger partial charge in [0.25, 0.3) is 0 Å². The lowest BCUT2D eigenvalue weighted by atomic mass is 9.92. The van der Waals surface area contributed by atoms with E-state index in [4.69, 9.17) is 5.73 Å². The summed E-state index contributed by atoms with van der Waals surface area (Å²) in [7, 11) is 0. The van der Waals surface area contributed by atoms with Gasteiger partial charge in [-0.1, -0.05) is 20.8 Å². The molecule has 2 N–H and O–H groups in total. The molecule has 2 rings (SSSR count). The first-order valence-electron chi connectivity index (χ1n) is 7.45. The van der Waals surface area contributed by atoms with Gasteiger partial charge in [-0.25, -0.2) is 0 Å². The minimum atomic E-state index is 0.0341. The van der Waals surface area contributed by atoms with Crippen LogP contribution < -0.4 is 5.73 Å². The molecule has 0 aromatic heterocycles. The molecule has 2 saturated carbocycles. The third kappa shape index (κ3) is 3.05. The Morgan fingerprint density at radius 2 is 1.89 bits per heavy atom. The second kappa shape index (κ2) is 5.20. The summed E-state index contributed by atoms with van der Waals surface area (Å²) in [6, 6.07) is 0. The predicted octanol–water partition coefficient (Wildman–Crippen LogP) is 2.26. The van der Waals surface area contributed by atoms with Crippen molar-refractivity contribution in [1.82, 2.24) is 4.90 Å². The third-order valence-electron chi connectivity index (χ3n) is 4.57. The summed E-state index contributed by atoms with van der Waals surface area (Å²) < 4.78 is 0. The SMILES string of the molecule is CCCN(CC(C)(C)CN)C(=O)C1CC2CC2C1. The van der Waals surface area contributed by atoms with Crippen LogP contribution in [0, 0.1) is 23.2 Å². The van der Waals surface area contributed by atoms with Gasteiger partial charge in [-0.05, 0) is 49.5 Å². The van der Waals surface area contributed by atoms with Gasteiger partial charge < -0.3 is 10.6 Å². The Hall–Kier alpha value is -0.570. The zero-order chi connectivity index (χ0) is 13.3. The van der Waals surface area contributed by atoms with Gasteiger partial charge in [0.15, 0.2) is 0 Å². The fraction of sp³-hybridized carbons (Fsp3) is 0.933. The third-order valence-corrected chi connectivity index (χ3v) is 4.57. The van der Waals surface area contributed by atoms with E-state index in [2.05, 4.69) is 25.7 Å². The van der Waals surface area contributed by atoms with E-state index in [9.17, 15) is 4.79 Å². The summed E-state index contributed by atoms with van der Waals surface area (Å²) >= 11 is 0. The molecular weight excluding hydrogens is 224 g/mol. The van der Waals surface area contributed by atoms with Crippen molar-refractivity contribution in [2.45, 2.75) is 46.5 Å². The maximum atomic E-state index is 12.6. The van der Waals surface area contributed by atoms with Crippen molar-refractivity contribution in [3.05, 3.63) is 0 Å². The molecule has 104 valence electrons. The Kier molecular flexibility index (Phi) is 4.00. The van der Waals surface area contributed by atoms with E-state index in [0.29, 0.717) is 18.4 Å². The second-order valence-electron chi connectivity index (χ2n) is 7.05. The fourth-order valence-electron chi connectivity index (χ4n) is 3.29. The normalized spacial score (nSPS) is 30.1. The second-order valence-corrected chi connectivity index (χ2v) is 7.05. The molecule has 1 amide bonds. The molecule has 0 heterocycles. The van der Waals surface area contributed by atoms with Gasteiger partial charge in [0.05, 0.1) is 0 Å². The zero-order valence-corrected chi connectivity index (χ0v) is 12.1. The van der Waals surface area contributed by atoms with Gasteiger partial charge in [0, 0.05) is 19.0 Å². The molecule has 2 aliphatic rings. The number of hydrogen-bond donors (Lipinski definition) is 1. The smallest absolute Gasteiger partial charge is 0.225 e. The number of hydrogen-bond acceptors (Lipinski definition) is 2.